The van der Waals surface area contributed by atoms with Crippen molar-refractivity contribution in [1.82, 2.24) is 5.32 Å². The fourth-order valence-electron chi connectivity index (χ4n) is 2.67. The first-order valence-corrected chi connectivity index (χ1v) is 7.26. The molecule has 1 aromatic rings. The predicted octanol–water partition coefficient (Wildman–Crippen LogP) is 3.02. The predicted molar refractivity (Wildman–Crippen MR) is 75.8 cm³/mol. The molecule has 2 unspecified atom stereocenters. The Bertz CT molecular complexity index is 325. The number of benzene rings is 1. The Hall–Kier alpha value is -0.860. The standard InChI is InChI=1S/C16H25NO/c1-2-10-17-13-15-9-6-11-18-16(15)12-14-7-4-3-5-8-14/h3-5,7-8,15-17H,2,6,9-13H2,1H3. The summed E-state index contributed by atoms with van der Waals surface area (Å²) < 4.78 is 5.99. The molecule has 1 heterocycles. The molecule has 18 heavy (non-hydrogen) atoms. The van der Waals surface area contributed by atoms with Crippen LogP contribution in [0.25, 0.3) is 0 Å². The lowest BCUT2D eigenvalue weighted by Crippen LogP contribution is -2.38. The Morgan fingerprint density at radius 1 is 1.28 bits per heavy atom. The molecular weight excluding hydrogens is 222 g/mol. The maximum absolute atomic E-state index is 5.99. The van der Waals surface area contributed by atoms with E-state index in [1.807, 2.05) is 0 Å². The number of rotatable bonds is 6. The van der Waals surface area contributed by atoms with Crippen molar-refractivity contribution >= 4 is 0 Å². The molecule has 1 saturated heterocycles. The van der Waals surface area contributed by atoms with Crippen LogP contribution in [0.1, 0.15) is 31.7 Å². The van der Waals surface area contributed by atoms with Gasteiger partial charge in [0.1, 0.15) is 0 Å². The van der Waals surface area contributed by atoms with Gasteiger partial charge in [0.2, 0.25) is 0 Å². The molecule has 1 aromatic carbocycles. The van der Waals surface area contributed by atoms with Crippen molar-refractivity contribution in [2.24, 2.45) is 5.92 Å². The average molecular weight is 247 g/mol. The van der Waals surface area contributed by atoms with E-state index in [1.54, 1.807) is 0 Å². The van der Waals surface area contributed by atoms with Crippen LogP contribution >= 0.6 is 0 Å². The fourth-order valence-corrected chi connectivity index (χ4v) is 2.67. The van der Waals surface area contributed by atoms with Crippen LogP contribution in [-0.2, 0) is 11.2 Å². The van der Waals surface area contributed by atoms with Gasteiger partial charge in [0, 0.05) is 13.2 Å². The van der Waals surface area contributed by atoms with E-state index in [0.717, 1.165) is 26.1 Å². The topological polar surface area (TPSA) is 21.3 Å². The summed E-state index contributed by atoms with van der Waals surface area (Å²) in [6, 6.07) is 10.7. The molecule has 0 saturated carbocycles. The second kappa shape index (κ2) is 7.55. The van der Waals surface area contributed by atoms with Gasteiger partial charge in [0.25, 0.3) is 0 Å². The van der Waals surface area contributed by atoms with Crippen molar-refractivity contribution in [3.05, 3.63) is 35.9 Å². The summed E-state index contributed by atoms with van der Waals surface area (Å²) in [5.41, 5.74) is 1.39. The van der Waals surface area contributed by atoms with Crippen molar-refractivity contribution in [3.8, 4) is 0 Å². The third kappa shape index (κ3) is 4.11. The van der Waals surface area contributed by atoms with Crippen LogP contribution in [0.4, 0.5) is 0 Å². The highest BCUT2D eigenvalue weighted by atomic mass is 16.5. The van der Waals surface area contributed by atoms with E-state index in [4.69, 9.17) is 4.74 Å². The lowest BCUT2D eigenvalue weighted by Gasteiger charge is -2.32. The van der Waals surface area contributed by atoms with Crippen molar-refractivity contribution in [2.75, 3.05) is 19.7 Å². The van der Waals surface area contributed by atoms with Crippen molar-refractivity contribution < 1.29 is 4.74 Å². The van der Waals surface area contributed by atoms with Crippen LogP contribution in [-0.4, -0.2) is 25.8 Å². The SMILES string of the molecule is CCCNCC1CCCOC1Cc1ccccc1. The molecule has 1 fully saturated rings. The Morgan fingerprint density at radius 3 is 2.89 bits per heavy atom. The normalized spacial score (nSPS) is 24.1. The Kier molecular flexibility index (Phi) is 5.69. The molecule has 0 aliphatic carbocycles. The average Bonchev–Trinajstić information content (AvgIpc) is 2.42. The number of ether oxygens (including phenoxy) is 1. The maximum atomic E-state index is 5.99. The highest BCUT2D eigenvalue weighted by molar-refractivity contribution is 5.15. The third-order valence-electron chi connectivity index (χ3n) is 3.69. The second-order valence-corrected chi connectivity index (χ2v) is 5.21. The number of nitrogens with one attached hydrogen (secondary N) is 1. The fraction of sp³-hybridized carbons (Fsp3) is 0.625. The molecule has 1 aliphatic rings. The molecule has 0 amide bonds. The summed E-state index contributed by atoms with van der Waals surface area (Å²) in [6.45, 7) is 5.37. The van der Waals surface area contributed by atoms with Crippen molar-refractivity contribution in [1.29, 1.82) is 0 Å². The van der Waals surface area contributed by atoms with E-state index in [2.05, 4.69) is 42.6 Å². The minimum Gasteiger partial charge on any atom is -0.378 e. The van der Waals surface area contributed by atoms with Gasteiger partial charge in [-0.1, -0.05) is 37.3 Å². The lowest BCUT2D eigenvalue weighted by molar-refractivity contribution is -0.0249. The van der Waals surface area contributed by atoms with Gasteiger partial charge < -0.3 is 10.1 Å². The van der Waals surface area contributed by atoms with Gasteiger partial charge in [-0.25, -0.2) is 0 Å². The largest absolute Gasteiger partial charge is 0.378 e. The molecule has 2 nitrogen and oxygen atoms in total. The number of hydrogen-bond donors (Lipinski definition) is 1. The lowest BCUT2D eigenvalue weighted by atomic mass is 9.90. The first-order valence-electron chi connectivity index (χ1n) is 7.26. The van der Waals surface area contributed by atoms with E-state index in [0.29, 0.717) is 12.0 Å². The van der Waals surface area contributed by atoms with Crippen molar-refractivity contribution in [2.45, 2.75) is 38.7 Å². The van der Waals surface area contributed by atoms with Gasteiger partial charge in [0.05, 0.1) is 6.10 Å². The zero-order chi connectivity index (χ0) is 12.6. The van der Waals surface area contributed by atoms with E-state index in [1.165, 1.54) is 24.8 Å². The van der Waals surface area contributed by atoms with Gasteiger partial charge in [-0.2, -0.15) is 0 Å². The summed E-state index contributed by atoms with van der Waals surface area (Å²) in [7, 11) is 0. The van der Waals surface area contributed by atoms with Gasteiger partial charge >= 0.3 is 0 Å². The highest BCUT2D eigenvalue weighted by Crippen LogP contribution is 2.23. The molecular formula is C16H25NO. The van der Waals surface area contributed by atoms with Gasteiger partial charge in [-0.05, 0) is 43.7 Å². The summed E-state index contributed by atoms with van der Waals surface area (Å²) >= 11 is 0. The monoisotopic (exact) mass is 247 g/mol. The van der Waals surface area contributed by atoms with E-state index >= 15 is 0 Å². The maximum Gasteiger partial charge on any atom is 0.0655 e. The smallest absolute Gasteiger partial charge is 0.0655 e. The molecule has 1 N–H and O–H groups in total. The van der Waals surface area contributed by atoms with Crippen LogP contribution in [0.2, 0.25) is 0 Å². The molecule has 2 heteroatoms. The first kappa shape index (κ1) is 13.6. The molecule has 2 rings (SSSR count). The summed E-state index contributed by atoms with van der Waals surface area (Å²) in [5, 5.41) is 3.54. The second-order valence-electron chi connectivity index (χ2n) is 5.21. The molecule has 100 valence electrons. The summed E-state index contributed by atoms with van der Waals surface area (Å²) in [4.78, 5) is 0. The first-order chi connectivity index (χ1) is 8.90. The summed E-state index contributed by atoms with van der Waals surface area (Å²) in [6.07, 6.45) is 5.17. The molecule has 0 spiro atoms. The molecule has 0 radical (unpaired) electrons. The zero-order valence-electron chi connectivity index (χ0n) is 11.4. The molecule has 0 bridgehead atoms. The van der Waals surface area contributed by atoms with Gasteiger partial charge in [-0.3, -0.25) is 0 Å². The van der Waals surface area contributed by atoms with Crippen LogP contribution in [0, 0.1) is 5.92 Å². The Balaban J connectivity index is 1.87. The molecule has 2 atom stereocenters. The zero-order valence-corrected chi connectivity index (χ0v) is 11.4. The molecule has 0 aromatic heterocycles. The Morgan fingerprint density at radius 2 is 2.11 bits per heavy atom. The van der Waals surface area contributed by atoms with E-state index < -0.39 is 0 Å². The summed E-state index contributed by atoms with van der Waals surface area (Å²) in [5.74, 6) is 0.672. The van der Waals surface area contributed by atoms with Crippen LogP contribution in [0.15, 0.2) is 30.3 Å². The Labute approximate surface area is 111 Å². The van der Waals surface area contributed by atoms with Gasteiger partial charge in [0.15, 0.2) is 0 Å². The van der Waals surface area contributed by atoms with Gasteiger partial charge in [-0.15, -0.1) is 0 Å². The van der Waals surface area contributed by atoms with Crippen molar-refractivity contribution in [3.63, 3.8) is 0 Å². The quantitative estimate of drug-likeness (QED) is 0.780. The van der Waals surface area contributed by atoms with Crippen LogP contribution in [0.3, 0.4) is 0 Å². The number of hydrogen-bond acceptors (Lipinski definition) is 2. The van der Waals surface area contributed by atoms with E-state index in [9.17, 15) is 0 Å². The third-order valence-corrected chi connectivity index (χ3v) is 3.69. The van der Waals surface area contributed by atoms with Crippen LogP contribution < -0.4 is 5.32 Å². The van der Waals surface area contributed by atoms with Crippen LogP contribution in [0.5, 0.6) is 0 Å². The minimum atomic E-state index is 0.394. The molecule has 1 aliphatic heterocycles. The highest BCUT2D eigenvalue weighted by Gasteiger charge is 2.25. The minimum absolute atomic E-state index is 0.394. The van der Waals surface area contributed by atoms with E-state index in [-0.39, 0.29) is 0 Å².